The SMILES string of the molecule is COC(=O)C(Cc1ccc(NC(=O)CC(=O)O)cc1)NC(=O)OCC1c2ccccc2-c2ccccc21. The van der Waals surface area contributed by atoms with Gasteiger partial charge >= 0.3 is 18.0 Å². The molecule has 0 fully saturated rings. The van der Waals surface area contributed by atoms with Gasteiger partial charge in [0, 0.05) is 18.0 Å². The summed E-state index contributed by atoms with van der Waals surface area (Å²) in [6.07, 6.45) is -1.26. The zero-order valence-corrected chi connectivity index (χ0v) is 20.1. The van der Waals surface area contributed by atoms with Crippen molar-refractivity contribution in [2.24, 2.45) is 0 Å². The molecule has 0 heterocycles. The van der Waals surface area contributed by atoms with Crippen LogP contribution in [0.25, 0.3) is 11.1 Å². The van der Waals surface area contributed by atoms with Crippen LogP contribution in [0.2, 0.25) is 0 Å². The molecule has 1 aliphatic rings. The summed E-state index contributed by atoms with van der Waals surface area (Å²) in [5.74, 6) is -2.62. The van der Waals surface area contributed by atoms with Crippen molar-refractivity contribution < 1.29 is 33.8 Å². The van der Waals surface area contributed by atoms with Crippen LogP contribution in [-0.4, -0.2) is 48.8 Å². The van der Waals surface area contributed by atoms with Gasteiger partial charge in [-0.25, -0.2) is 9.59 Å². The van der Waals surface area contributed by atoms with E-state index in [2.05, 4.69) is 10.6 Å². The van der Waals surface area contributed by atoms with Gasteiger partial charge in [0.05, 0.1) is 7.11 Å². The first kappa shape index (κ1) is 25.4. The lowest BCUT2D eigenvalue weighted by atomic mass is 9.98. The van der Waals surface area contributed by atoms with Crippen molar-refractivity contribution in [1.82, 2.24) is 5.32 Å². The standard InChI is InChI=1S/C28H26N2O7/c1-36-27(34)24(14-17-10-12-18(13-11-17)29-25(31)15-26(32)33)30-28(35)37-16-23-21-8-4-2-6-19(21)20-7-3-5-9-22(20)23/h2-13,23-24H,14-16H2,1H3,(H,29,31)(H,30,35)(H,32,33). The Morgan fingerprint density at radius 3 is 2.05 bits per heavy atom. The Kier molecular flexibility index (Phi) is 7.83. The molecule has 9 heteroatoms. The van der Waals surface area contributed by atoms with Crippen molar-refractivity contribution in [1.29, 1.82) is 0 Å². The fourth-order valence-electron chi connectivity index (χ4n) is 4.42. The van der Waals surface area contributed by atoms with Crippen molar-refractivity contribution in [3.8, 4) is 11.1 Å². The molecule has 3 aromatic rings. The van der Waals surface area contributed by atoms with Gasteiger partial charge in [-0.2, -0.15) is 0 Å². The largest absolute Gasteiger partial charge is 0.481 e. The maximum atomic E-state index is 12.7. The molecule has 0 aromatic heterocycles. The molecule has 0 aliphatic heterocycles. The Balaban J connectivity index is 1.38. The molecule has 2 amide bonds. The molecule has 1 unspecified atom stereocenters. The fraction of sp³-hybridized carbons (Fsp3) is 0.214. The first-order chi connectivity index (χ1) is 17.9. The highest BCUT2D eigenvalue weighted by Gasteiger charge is 2.30. The van der Waals surface area contributed by atoms with Crippen LogP contribution in [0.5, 0.6) is 0 Å². The summed E-state index contributed by atoms with van der Waals surface area (Å²) in [6, 6.07) is 21.5. The summed E-state index contributed by atoms with van der Waals surface area (Å²) in [5, 5.41) is 13.8. The van der Waals surface area contributed by atoms with Crippen molar-refractivity contribution in [2.75, 3.05) is 19.0 Å². The number of carbonyl (C=O) groups excluding carboxylic acids is 3. The second-order valence-electron chi connectivity index (χ2n) is 8.57. The molecule has 9 nitrogen and oxygen atoms in total. The maximum absolute atomic E-state index is 12.7. The van der Waals surface area contributed by atoms with Gasteiger partial charge in [-0.15, -0.1) is 0 Å². The first-order valence-corrected chi connectivity index (χ1v) is 11.7. The number of anilines is 1. The molecule has 37 heavy (non-hydrogen) atoms. The van der Waals surface area contributed by atoms with E-state index in [0.717, 1.165) is 22.3 Å². The van der Waals surface area contributed by atoms with Crippen molar-refractivity contribution in [2.45, 2.75) is 24.8 Å². The maximum Gasteiger partial charge on any atom is 0.407 e. The number of carboxylic acid groups (broad SMARTS) is 1. The lowest BCUT2D eigenvalue weighted by molar-refractivity contribution is -0.143. The van der Waals surface area contributed by atoms with E-state index >= 15 is 0 Å². The van der Waals surface area contributed by atoms with E-state index in [1.807, 2.05) is 48.5 Å². The number of hydrogen-bond donors (Lipinski definition) is 3. The number of benzene rings is 3. The molecular weight excluding hydrogens is 476 g/mol. The molecule has 0 bridgehead atoms. The minimum atomic E-state index is -1.23. The number of carbonyl (C=O) groups is 4. The highest BCUT2D eigenvalue weighted by Crippen LogP contribution is 2.44. The Hall–Kier alpha value is -4.66. The molecule has 1 atom stereocenters. The number of amides is 2. The smallest absolute Gasteiger partial charge is 0.407 e. The summed E-state index contributed by atoms with van der Waals surface area (Å²) < 4.78 is 10.4. The van der Waals surface area contributed by atoms with Gasteiger partial charge in [0.25, 0.3) is 0 Å². The number of fused-ring (bicyclic) bond motifs is 3. The third-order valence-electron chi connectivity index (χ3n) is 6.11. The number of nitrogens with one attached hydrogen (secondary N) is 2. The number of esters is 1. The number of rotatable bonds is 9. The number of aliphatic carboxylic acids is 1. The van der Waals surface area contributed by atoms with E-state index < -0.39 is 36.4 Å². The van der Waals surface area contributed by atoms with Crippen LogP contribution in [0.3, 0.4) is 0 Å². The zero-order valence-electron chi connectivity index (χ0n) is 20.1. The highest BCUT2D eigenvalue weighted by molar-refractivity contribution is 6.01. The van der Waals surface area contributed by atoms with Gasteiger partial charge in [-0.3, -0.25) is 9.59 Å². The Morgan fingerprint density at radius 2 is 1.49 bits per heavy atom. The van der Waals surface area contributed by atoms with E-state index in [1.165, 1.54) is 7.11 Å². The van der Waals surface area contributed by atoms with Crippen LogP contribution in [0.1, 0.15) is 29.0 Å². The predicted molar refractivity (Wildman–Crippen MR) is 135 cm³/mol. The van der Waals surface area contributed by atoms with E-state index in [0.29, 0.717) is 11.3 Å². The minimum Gasteiger partial charge on any atom is -0.481 e. The molecular formula is C28H26N2O7. The fourth-order valence-corrected chi connectivity index (χ4v) is 4.42. The number of carboxylic acids is 1. The molecule has 4 rings (SSSR count). The summed E-state index contributed by atoms with van der Waals surface area (Å²) in [7, 11) is 1.23. The van der Waals surface area contributed by atoms with E-state index in [-0.39, 0.29) is 18.9 Å². The summed E-state index contributed by atoms with van der Waals surface area (Å²) in [5.41, 5.74) is 5.48. The van der Waals surface area contributed by atoms with Gasteiger partial charge in [0.1, 0.15) is 19.1 Å². The Morgan fingerprint density at radius 1 is 0.892 bits per heavy atom. The van der Waals surface area contributed by atoms with E-state index in [9.17, 15) is 19.2 Å². The summed E-state index contributed by atoms with van der Waals surface area (Å²) >= 11 is 0. The topological polar surface area (TPSA) is 131 Å². The highest BCUT2D eigenvalue weighted by atomic mass is 16.6. The second-order valence-corrected chi connectivity index (χ2v) is 8.57. The predicted octanol–water partition coefficient (Wildman–Crippen LogP) is 3.72. The van der Waals surface area contributed by atoms with Gasteiger partial charge in [0.2, 0.25) is 5.91 Å². The first-order valence-electron chi connectivity index (χ1n) is 11.7. The van der Waals surface area contributed by atoms with Crippen molar-refractivity contribution in [3.05, 3.63) is 89.5 Å². The van der Waals surface area contributed by atoms with Gasteiger partial charge in [-0.1, -0.05) is 60.7 Å². The second kappa shape index (κ2) is 11.4. The number of methoxy groups -OCH3 is 1. The molecule has 190 valence electrons. The number of hydrogen-bond acceptors (Lipinski definition) is 6. The average molecular weight is 503 g/mol. The van der Waals surface area contributed by atoms with Gasteiger partial charge < -0.3 is 25.2 Å². The monoisotopic (exact) mass is 502 g/mol. The van der Waals surface area contributed by atoms with Crippen LogP contribution in [0, 0.1) is 0 Å². The zero-order chi connectivity index (χ0) is 26.4. The number of ether oxygens (including phenoxy) is 2. The summed E-state index contributed by atoms with van der Waals surface area (Å²) in [6.45, 7) is 0.110. The van der Waals surface area contributed by atoms with Crippen LogP contribution in [0.15, 0.2) is 72.8 Å². The summed E-state index contributed by atoms with van der Waals surface area (Å²) in [4.78, 5) is 47.3. The molecule has 0 spiro atoms. The third-order valence-corrected chi connectivity index (χ3v) is 6.11. The molecule has 1 aliphatic carbocycles. The molecule has 3 aromatic carbocycles. The Labute approximate surface area is 213 Å². The average Bonchev–Trinajstić information content (AvgIpc) is 3.21. The Bertz CT molecular complexity index is 1270. The number of alkyl carbamates (subject to hydrolysis) is 1. The quantitative estimate of drug-likeness (QED) is 0.300. The van der Waals surface area contributed by atoms with E-state index in [4.69, 9.17) is 14.6 Å². The molecule has 0 radical (unpaired) electrons. The van der Waals surface area contributed by atoms with Crippen LogP contribution >= 0.6 is 0 Å². The van der Waals surface area contributed by atoms with Crippen LogP contribution < -0.4 is 10.6 Å². The molecule has 0 saturated heterocycles. The van der Waals surface area contributed by atoms with Crippen LogP contribution in [0.4, 0.5) is 10.5 Å². The van der Waals surface area contributed by atoms with Crippen molar-refractivity contribution in [3.63, 3.8) is 0 Å². The molecule has 0 saturated carbocycles. The van der Waals surface area contributed by atoms with Gasteiger partial charge in [0.15, 0.2) is 0 Å². The minimum absolute atomic E-state index is 0.110. The van der Waals surface area contributed by atoms with E-state index in [1.54, 1.807) is 24.3 Å². The van der Waals surface area contributed by atoms with Crippen LogP contribution in [-0.2, 0) is 30.3 Å². The van der Waals surface area contributed by atoms with Crippen molar-refractivity contribution >= 4 is 29.6 Å². The normalized spacial score (nSPS) is 12.6. The van der Waals surface area contributed by atoms with Gasteiger partial charge in [-0.05, 0) is 39.9 Å². The lowest BCUT2D eigenvalue weighted by Gasteiger charge is -2.19. The third kappa shape index (κ3) is 6.13. The lowest BCUT2D eigenvalue weighted by Crippen LogP contribution is -2.43. The molecule has 3 N–H and O–H groups in total.